The number of alkyl halides is 2. The normalized spacial score (nSPS) is 16.0. The van der Waals surface area contributed by atoms with E-state index in [-0.39, 0.29) is 17.5 Å². The second-order valence-electron chi connectivity index (χ2n) is 7.39. The van der Waals surface area contributed by atoms with Gasteiger partial charge in [-0.2, -0.15) is 8.78 Å². The molecule has 0 N–H and O–H groups in total. The van der Waals surface area contributed by atoms with Gasteiger partial charge >= 0.3 is 5.76 Å². The lowest BCUT2D eigenvalue weighted by Gasteiger charge is -2.36. The number of nitrogens with zero attached hydrogens (tertiary/aromatic N) is 3. The molecule has 1 aliphatic rings. The van der Waals surface area contributed by atoms with Crippen molar-refractivity contribution in [2.24, 2.45) is 0 Å². The number of sulfone groups is 1. The first kappa shape index (κ1) is 22.3. The van der Waals surface area contributed by atoms with Crippen molar-refractivity contribution in [2.45, 2.75) is 36.0 Å². The van der Waals surface area contributed by atoms with Gasteiger partial charge in [0.05, 0.1) is 4.90 Å². The molecule has 9 heteroatoms. The van der Waals surface area contributed by atoms with Crippen LogP contribution in [0.25, 0.3) is 0 Å². The number of halogens is 2. The average Bonchev–Trinajstić information content (AvgIpc) is 2.77. The predicted molar refractivity (Wildman–Crippen MR) is 109 cm³/mol. The minimum Gasteiger partial charge on any atom is -0.339 e. The van der Waals surface area contributed by atoms with Gasteiger partial charge in [0.1, 0.15) is 0 Å². The summed E-state index contributed by atoms with van der Waals surface area (Å²) in [6.07, 6.45) is 4.34. The van der Waals surface area contributed by atoms with Crippen molar-refractivity contribution < 1.29 is 22.0 Å². The minimum absolute atomic E-state index is 0.0769. The van der Waals surface area contributed by atoms with Crippen molar-refractivity contribution >= 4 is 15.7 Å². The summed E-state index contributed by atoms with van der Waals surface area (Å²) in [7, 11) is -2.94. The molecular formula is C21H25F2N3O3S. The van der Waals surface area contributed by atoms with E-state index in [4.69, 9.17) is 0 Å². The Balaban J connectivity index is 1.53. The third kappa shape index (κ3) is 5.20. The first-order chi connectivity index (χ1) is 14.3. The largest absolute Gasteiger partial charge is 0.341 e. The Morgan fingerprint density at radius 2 is 1.83 bits per heavy atom. The third-order valence-electron chi connectivity index (χ3n) is 5.50. The number of carbonyl (C=O) groups excluding carboxylic acids is 1. The fourth-order valence-electron chi connectivity index (χ4n) is 3.61. The van der Waals surface area contributed by atoms with Gasteiger partial charge < -0.3 is 9.80 Å². The van der Waals surface area contributed by atoms with E-state index < -0.39 is 20.5 Å². The lowest BCUT2D eigenvalue weighted by Crippen LogP contribution is -2.46. The number of rotatable bonds is 7. The van der Waals surface area contributed by atoms with Crippen molar-refractivity contribution in [3.05, 3.63) is 59.9 Å². The zero-order valence-corrected chi connectivity index (χ0v) is 17.6. The fourth-order valence-corrected chi connectivity index (χ4v) is 4.33. The number of benzene rings is 1. The maximum Gasteiger partial charge on any atom is 0.341 e. The summed E-state index contributed by atoms with van der Waals surface area (Å²) >= 11 is 0. The monoisotopic (exact) mass is 437 g/mol. The van der Waals surface area contributed by atoms with Crippen molar-refractivity contribution in [1.29, 1.82) is 0 Å². The SMILES string of the molecule is CN(C(=O)c1ccc(S(=O)(=O)C(F)F)cc1)C1CCN(CCc2ccccn2)CC1. The van der Waals surface area contributed by atoms with Crippen LogP contribution in [0.4, 0.5) is 8.78 Å². The van der Waals surface area contributed by atoms with Crippen molar-refractivity contribution in [1.82, 2.24) is 14.8 Å². The summed E-state index contributed by atoms with van der Waals surface area (Å²) in [5.74, 6) is -3.73. The molecule has 6 nitrogen and oxygen atoms in total. The zero-order chi connectivity index (χ0) is 21.7. The smallest absolute Gasteiger partial charge is 0.339 e. The highest BCUT2D eigenvalue weighted by atomic mass is 32.2. The maximum atomic E-state index is 12.7. The lowest BCUT2D eigenvalue weighted by atomic mass is 10.0. The van der Waals surface area contributed by atoms with E-state index in [0.29, 0.717) is 0 Å². The van der Waals surface area contributed by atoms with Gasteiger partial charge in [-0.05, 0) is 49.2 Å². The summed E-state index contributed by atoms with van der Waals surface area (Å²) in [4.78, 5) is 20.6. The number of carbonyl (C=O) groups is 1. The van der Waals surface area contributed by atoms with Gasteiger partial charge in [-0.15, -0.1) is 0 Å². The molecule has 0 unspecified atom stereocenters. The van der Waals surface area contributed by atoms with E-state index in [1.165, 1.54) is 12.1 Å². The highest BCUT2D eigenvalue weighted by molar-refractivity contribution is 7.91. The van der Waals surface area contributed by atoms with Crippen molar-refractivity contribution in [3.8, 4) is 0 Å². The fraction of sp³-hybridized carbons (Fsp3) is 0.429. The molecule has 1 aromatic carbocycles. The molecule has 1 saturated heterocycles. The van der Waals surface area contributed by atoms with Gasteiger partial charge in [0.25, 0.3) is 5.91 Å². The Kier molecular flexibility index (Phi) is 7.14. The van der Waals surface area contributed by atoms with E-state index in [1.54, 1.807) is 18.1 Å². The molecule has 30 heavy (non-hydrogen) atoms. The van der Waals surface area contributed by atoms with Crippen LogP contribution >= 0.6 is 0 Å². The zero-order valence-electron chi connectivity index (χ0n) is 16.7. The van der Waals surface area contributed by atoms with Crippen LogP contribution in [-0.2, 0) is 16.3 Å². The average molecular weight is 438 g/mol. The number of amides is 1. The van der Waals surface area contributed by atoms with Gasteiger partial charge in [0, 0.05) is 56.6 Å². The van der Waals surface area contributed by atoms with Gasteiger partial charge in [0.2, 0.25) is 9.84 Å². The molecule has 162 valence electrons. The maximum absolute atomic E-state index is 12.7. The number of piperidine rings is 1. The summed E-state index contributed by atoms with van der Waals surface area (Å²) in [6, 6.07) is 10.7. The van der Waals surface area contributed by atoms with E-state index >= 15 is 0 Å². The molecule has 1 aromatic heterocycles. The van der Waals surface area contributed by atoms with Crippen molar-refractivity contribution in [3.63, 3.8) is 0 Å². The molecule has 0 spiro atoms. The summed E-state index contributed by atoms with van der Waals surface area (Å²) in [6.45, 7) is 2.67. The second-order valence-corrected chi connectivity index (χ2v) is 9.31. The quantitative estimate of drug-likeness (QED) is 0.666. The molecular weight excluding hydrogens is 412 g/mol. The van der Waals surface area contributed by atoms with E-state index in [0.717, 1.165) is 56.7 Å². The molecule has 3 rings (SSSR count). The Labute approximate surface area is 175 Å². The molecule has 2 aromatic rings. The van der Waals surface area contributed by atoms with Crippen LogP contribution < -0.4 is 0 Å². The van der Waals surface area contributed by atoms with Gasteiger partial charge in [-0.1, -0.05) is 6.07 Å². The molecule has 0 saturated carbocycles. The lowest BCUT2D eigenvalue weighted by molar-refractivity contribution is 0.0643. The van der Waals surface area contributed by atoms with E-state index in [1.807, 2.05) is 18.2 Å². The molecule has 0 aliphatic carbocycles. The standard InChI is InChI=1S/C21H25F2N3O3S/c1-25(20(27)16-5-7-19(8-6-16)30(28,29)21(22)23)18-10-14-26(15-11-18)13-9-17-4-2-3-12-24-17/h2-8,12,18,21H,9-11,13-15H2,1H3. The Hall–Kier alpha value is -2.39. The first-order valence-corrected chi connectivity index (χ1v) is 11.3. The van der Waals surface area contributed by atoms with E-state index in [9.17, 15) is 22.0 Å². The van der Waals surface area contributed by atoms with E-state index in [2.05, 4.69) is 9.88 Å². The number of pyridine rings is 1. The van der Waals surface area contributed by atoms with Crippen LogP contribution in [0, 0.1) is 0 Å². The number of aromatic nitrogens is 1. The van der Waals surface area contributed by atoms with Gasteiger partial charge in [-0.3, -0.25) is 9.78 Å². The molecule has 1 fully saturated rings. The molecule has 0 radical (unpaired) electrons. The Morgan fingerprint density at radius 3 is 2.40 bits per heavy atom. The topological polar surface area (TPSA) is 70.6 Å². The summed E-state index contributed by atoms with van der Waals surface area (Å²) in [5.41, 5.74) is 1.34. The second kappa shape index (κ2) is 9.61. The molecule has 0 atom stereocenters. The van der Waals surface area contributed by atoms with Crippen molar-refractivity contribution in [2.75, 3.05) is 26.7 Å². The number of hydrogen-bond donors (Lipinski definition) is 0. The van der Waals surface area contributed by atoms with Crippen LogP contribution in [0.1, 0.15) is 28.9 Å². The van der Waals surface area contributed by atoms with Gasteiger partial charge in [0.15, 0.2) is 0 Å². The Morgan fingerprint density at radius 1 is 1.17 bits per heavy atom. The molecule has 1 amide bonds. The number of hydrogen-bond acceptors (Lipinski definition) is 5. The van der Waals surface area contributed by atoms with Crippen LogP contribution in [0.15, 0.2) is 53.6 Å². The molecule has 2 heterocycles. The molecule has 1 aliphatic heterocycles. The highest BCUT2D eigenvalue weighted by Crippen LogP contribution is 2.21. The van der Waals surface area contributed by atoms with Crippen LogP contribution in [0.5, 0.6) is 0 Å². The summed E-state index contributed by atoms with van der Waals surface area (Å²) < 4.78 is 48.3. The van der Waals surface area contributed by atoms with Crippen LogP contribution in [0.3, 0.4) is 0 Å². The molecule has 0 bridgehead atoms. The Bertz CT molecular complexity index is 945. The summed E-state index contributed by atoms with van der Waals surface area (Å²) in [5, 5.41) is 0. The van der Waals surface area contributed by atoms with Gasteiger partial charge in [-0.25, -0.2) is 8.42 Å². The highest BCUT2D eigenvalue weighted by Gasteiger charge is 2.28. The first-order valence-electron chi connectivity index (χ1n) is 9.80. The third-order valence-corrected chi connectivity index (χ3v) is 6.90. The van der Waals surface area contributed by atoms with Crippen LogP contribution in [0.2, 0.25) is 0 Å². The number of likely N-dealkylation sites (tertiary alicyclic amines) is 1. The minimum atomic E-state index is -4.66. The van der Waals surface area contributed by atoms with Crippen LogP contribution in [-0.4, -0.2) is 67.6 Å². The predicted octanol–water partition coefficient (Wildman–Crippen LogP) is 2.86.